The molecule has 1 aromatic carbocycles. The second-order valence-electron chi connectivity index (χ2n) is 4.57. The maximum Gasteiger partial charge on any atom is 0.204 e. The number of ketones is 1. The van der Waals surface area contributed by atoms with Crippen LogP contribution in [0.4, 0.5) is 0 Å². The lowest BCUT2D eigenvalue weighted by Gasteiger charge is -2.06. The molecule has 2 aromatic rings. The number of carbonyl (C=O) groups excluding carboxylic acids is 1. The lowest BCUT2D eigenvalue weighted by atomic mass is 10.00. The van der Waals surface area contributed by atoms with Crippen LogP contribution in [-0.2, 0) is 6.42 Å². The summed E-state index contributed by atoms with van der Waals surface area (Å²) in [5, 5.41) is 0. The molecule has 0 aliphatic rings. The molecule has 0 atom stereocenters. The predicted octanol–water partition coefficient (Wildman–Crippen LogP) is 3.03. The van der Waals surface area contributed by atoms with Crippen LogP contribution < -0.4 is 0 Å². The molecule has 3 nitrogen and oxygen atoms in total. The summed E-state index contributed by atoms with van der Waals surface area (Å²) in [7, 11) is 0. The van der Waals surface area contributed by atoms with Crippen molar-refractivity contribution in [1.29, 1.82) is 0 Å². The van der Waals surface area contributed by atoms with E-state index in [2.05, 4.69) is 35.9 Å². The summed E-state index contributed by atoms with van der Waals surface area (Å²) in [6, 6.07) is 9.83. The maximum atomic E-state index is 11.9. The van der Waals surface area contributed by atoms with Crippen LogP contribution in [0.1, 0.15) is 41.5 Å². The lowest BCUT2D eigenvalue weighted by Crippen LogP contribution is -2.08. The third-order valence-corrected chi connectivity index (χ3v) is 2.83. The number of hydrogen-bond acceptors (Lipinski definition) is 3. The fourth-order valence-corrected chi connectivity index (χ4v) is 1.73. The second-order valence-corrected chi connectivity index (χ2v) is 4.57. The molecule has 18 heavy (non-hydrogen) atoms. The standard InChI is InChI=1S/C15H16N2O/c1-11(2)13-6-4-12(5-7-13)10-14(18)15-16-8-3-9-17-15/h3-9,11H,10H2,1-2H3. The fraction of sp³-hybridized carbons (Fsp3) is 0.267. The van der Waals surface area contributed by atoms with Crippen LogP contribution in [0, 0.1) is 0 Å². The van der Waals surface area contributed by atoms with Crippen LogP contribution in [0.15, 0.2) is 42.7 Å². The molecule has 0 unspecified atom stereocenters. The van der Waals surface area contributed by atoms with Crippen LogP contribution in [0.2, 0.25) is 0 Å². The zero-order valence-electron chi connectivity index (χ0n) is 10.6. The van der Waals surface area contributed by atoms with Gasteiger partial charge in [-0.05, 0) is 23.1 Å². The van der Waals surface area contributed by atoms with Crippen LogP contribution in [-0.4, -0.2) is 15.8 Å². The van der Waals surface area contributed by atoms with Gasteiger partial charge in [0.05, 0.1) is 0 Å². The van der Waals surface area contributed by atoms with Crippen LogP contribution in [0.5, 0.6) is 0 Å². The number of carbonyl (C=O) groups is 1. The minimum atomic E-state index is -0.0482. The van der Waals surface area contributed by atoms with Crippen molar-refractivity contribution in [2.45, 2.75) is 26.2 Å². The van der Waals surface area contributed by atoms with Crippen LogP contribution in [0.25, 0.3) is 0 Å². The van der Waals surface area contributed by atoms with Gasteiger partial charge in [0.15, 0.2) is 5.82 Å². The third-order valence-electron chi connectivity index (χ3n) is 2.83. The lowest BCUT2D eigenvalue weighted by molar-refractivity contribution is 0.0983. The van der Waals surface area contributed by atoms with E-state index in [0.29, 0.717) is 12.3 Å². The van der Waals surface area contributed by atoms with Crippen molar-refractivity contribution < 1.29 is 4.79 Å². The van der Waals surface area contributed by atoms with Crippen molar-refractivity contribution >= 4 is 5.78 Å². The molecule has 0 bridgehead atoms. The van der Waals surface area contributed by atoms with Crippen molar-refractivity contribution in [3.8, 4) is 0 Å². The summed E-state index contributed by atoms with van der Waals surface area (Å²) in [4.78, 5) is 19.8. The molecule has 1 heterocycles. The molecular weight excluding hydrogens is 224 g/mol. The van der Waals surface area contributed by atoms with E-state index in [0.717, 1.165) is 5.56 Å². The first-order valence-electron chi connectivity index (χ1n) is 6.06. The van der Waals surface area contributed by atoms with Crippen molar-refractivity contribution in [2.24, 2.45) is 0 Å². The zero-order chi connectivity index (χ0) is 13.0. The molecule has 0 saturated heterocycles. The zero-order valence-corrected chi connectivity index (χ0v) is 10.6. The Kier molecular flexibility index (Phi) is 3.82. The van der Waals surface area contributed by atoms with Gasteiger partial charge in [0.25, 0.3) is 0 Å². The monoisotopic (exact) mass is 240 g/mol. The highest BCUT2D eigenvalue weighted by Crippen LogP contribution is 2.15. The Morgan fingerprint density at radius 1 is 1.11 bits per heavy atom. The number of nitrogens with zero attached hydrogens (tertiary/aromatic N) is 2. The van der Waals surface area contributed by atoms with Crippen molar-refractivity contribution in [3.63, 3.8) is 0 Å². The number of Topliss-reactive ketones (excluding diaryl/α,β-unsaturated/α-hetero) is 1. The quantitative estimate of drug-likeness (QED) is 0.771. The minimum Gasteiger partial charge on any atom is -0.290 e. The van der Waals surface area contributed by atoms with E-state index >= 15 is 0 Å². The number of rotatable bonds is 4. The van der Waals surface area contributed by atoms with E-state index in [1.807, 2.05) is 12.1 Å². The predicted molar refractivity (Wildman–Crippen MR) is 70.6 cm³/mol. The van der Waals surface area contributed by atoms with Gasteiger partial charge in [0.1, 0.15) is 0 Å². The molecule has 0 radical (unpaired) electrons. The van der Waals surface area contributed by atoms with Crippen LogP contribution >= 0.6 is 0 Å². The van der Waals surface area contributed by atoms with Crippen LogP contribution in [0.3, 0.4) is 0 Å². The van der Waals surface area contributed by atoms with Crippen molar-refractivity contribution in [1.82, 2.24) is 9.97 Å². The molecule has 0 spiro atoms. The van der Waals surface area contributed by atoms with Gasteiger partial charge in [-0.2, -0.15) is 0 Å². The summed E-state index contributed by atoms with van der Waals surface area (Å²) < 4.78 is 0. The highest BCUT2D eigenvalue weighted by molar-refractivity contribution is 5.93. The Labute approximate surface area is 107 Å². The average molecular weight is 240 g/mol. The Morgan fingerprint density at radius 3 is 2.28 bits per heavy atom. The van der Waals surface area contributed by atoms with E-state index in [1.54, 1.807) is 18.5 Å². The summed E-state index contributed by atoms with van der Waals surface area (Å²) in [5.41, 5.74) is 2.28. The van der Waals surface area contributed by atoms with E-state index in [4.69, 9.17) is 0 Å². The minimum absolute atomic E-state index is 0.0482. The first kappa shape index (κ1) is 12.4. The highest BCUT2D eigenvalue weighted by atomic mass is 16.1. The van der Waals surface area contributed by atoms with Gasteiger partial charge in [0, 0.05) is 18.8 Å². The van der Waals surface area contributed by atoms with Gasteiger partial charge >= 0.3 is 0 Å². The Hall–Kier alpha value is -2.03. The average Bonchev–Trinajstić information content (AvgIpc) is 2.40. The SMILES string of the molecule is CC(C)c1ccc(CC(=O)c2ncccn2)cc1. The second kappa shape index (κ2) is 5.54. The third kappa shape index (κ3) is 3.00. The summed E-state index contributed by atoms with van der Waals surface area (Å²) in [5.74, 6) is 0.741. The molecule has 0 saturated carbocycles. The first-order valence-corrected chi connectivity index (χ1v) is 6.06. The van der Waals surface area contributed by atoms with Gasteiger partial charge in [-0.25, -0.2) is 9.97 Å². The van der Waals surface area contributed by atoms with E-state index in [-0.39, 0.29) is 11.6 Å². The maximum absolute atomic E-state index is 11.9. The smallest absolute Gasteiger partial charge is 0.204 e. The first-order chi connectivity index (χ1) is 8.66. The van der Waals surface area contributed by atoms with E-state index < -0.39 is 0 Å². The summed E-state index contributed by atoms with van der Waals surface area (Å²) >= 11 is 0. The Balaban J connectivity index is 2.08. The molecule has 3 heteroatoms. The molecule has 92 valence electrons. The molecule has 0 N–H and O–H groups in total. The topological polar surface area (TPSA) is 42.9 Å². The Bertz CT molecular complexity index is 518. The molecule has 2 rings (SSSR count). The molecule has 0 fully saturated rings. The molecule has 0 aliphatic carbocycles. The fourth-order valence-electron chi connectivity index (χ4n) is 1.73. The van der Waals surface area contributed by atoms with Gasteiger partial charge < -0.3 is 0 Å². The molecule has 0 amide bonds. The summed E-state index contributed by atoms with van der Waals surface area (Å²) in [6.45, 7) is 4.30. The molecular formula is C15H16N2O. The van der Waals surface area contributed by atoms with E-state index in [1.165, 1.54) is 5.56 Å². The number of benzene rings is 1. The molecule has 0 aliphatic heterocycles. The van der Waals surface area contributed by atoms with Gasteiger partial charge in [-0.3, -0.25) is 4.79 Å². The summed E-state index contributed by atoms with van der Waals surface area (Å²) in [6.07, 6.45) is 3.52. The van der Waals surface area contributed by atoms with Gasteiger partial charge in [0.2, 0.25) is 5.78 Å². The van der Waals surface area contributed by atoms with E-state index in [9.17, 15) is 4.79 Å². The Morgan fingerprint density at radius 2 is 1.72 bits per heavy atom. The normalized spacial score (nSPS) is 10.6. The van der Waals surface area contributed by atoms with Gasteiger partial charge in [-0.1, -0.05) is 38.1 Å². The number of hydrogen-bond donors (Lipinski definition) is 0. The largest absolute Gasteiger partial charge is 0.290 e. The van der Waals surface area contributed by atoms with Crippen molar-refractivity contribution in [2.75, 3.05) is 0 Å². The highest BCUT2D eigenvalue weighted by Gasteiger charge is 2.09. The van der Waals surface area contributed by atoms with Crippen molar-refractivity contribution in [3.05, 3.63) is 59.7 Å². The molecule has 1 aromatic heterocycles. The van der Waals surface area contributed by atoms with Gasteiger partial charge in [-0.15, -0.1) is 0 Å². The number of aromatic nitrogens is 2.